The minimum absolute atomic E-state index is 0.00181. The Bertz CT molecular complexity index is 1140. The lowest BCUT2D eigenvalue weighted by molar-refractivity contribution is -0.252. The zero-order valence-electron chi connectivity index (χ0n) is 19.5. The molecule has 0 saturated carbocycles. The van der Waals surface area contributed by atoms with Gasteiger partial charge in [0.1, 0.15) is 0 Å². The van der Waals surface area contributed by atoms with Crippen molar-refractivity contribution in [1.82, 2.24) is 0 Å². The molecule has 1 unspecified atom stereocenters. The number of rotatable bonds is 9. The minimum atomic E-state index is -3.95. The van der Waals surface area contributed by atoms with Gasteiger partial charge in [-0.25, -0.2) is 8.78 Å². The summed E-state index contributed by atoms with van der Waals surface area (Å²) >= 11 is 0. The number of hydrogen-bond donors (Lipinski definition) is 0. The first kappa shape index (κ1) is 25.4. The quantitative estimate of drug-likeness (QED) is 0.225. The number of unbranched alkanes of at least 4 members (excludes halogenated alkanes) is 1. The van der Waals surface area contributed by atoms with Crippen LogP contribution in [0, 0.1) is 23.3 Å². The monoisotopic (exact) mass is 500 g/mol. The minimum Gasteiger partial charge on any atom is -0.490 e. The van der Waals surface area contributed by atoms with Crippen LogP contribution in [0.4, 0.5) is 26.3 Å². The third-order valence-corrected chi connectivity index (χ3v) is 6.17. The second-order valence-electron chi connectivity index (χ2n) is 8.76. The van der Waals surface area contributed by atoms with Gasteiger partial charge in [0.05, 0.1) is 13.2 Å². The maximum atomic E-state index is 15.0. The summed E-state index contributed by atoms with van der Waals surface area (Å²) in [4.78, 5) is 0. The van der Waals surface area contributed by atoms with E-state index in [9.17, 15) is 26.3 Å². The molecule has 0 aromatic heterocycles. The molecule has 1 aliphatic carbocycles. The van der Waals surface area contributed by atoms with Crippen molar-refractivity contribution in [2.75, 3.05) is 13.2 Å². The van der Waals surface area contributed by atoms with E-state index >= 15 is 0 Å². The maximum Gasteiger partial charge on any atom is 0.425 e. The van der Waals surface area contributed by atoms with Crippen molar-refractivity contribution < 1.29 is 40.6 Å². The number of fused-ring (bicyclic) bond motifs is 3. The van der Waals surface area contributed by atoms with Crippen LogP contribution in [0.1, 0.15) is 57.1 Å². The Morgan fingerprint density at radius 2 is 1.54 bits per heavy atom. The van der Waals surface area contributed by atoms with E-state index in [4.69, 9.17) is 9.47 Å². The van der Waals surface area contributed by atoms with E-state index in [-0.39, 0.29) is 42.9 Å². The molecule has 1 atom stereocenters. The maximum absolute atomic E-state index is 15.0. The van der Waals surface area contributed by atoms with E-state index in [1.807, 2.05) is 6.92 Å². The summed E-state index contributed by atoms with van der Waals surface area (Å²) in [5.41, 5.74) is 0.109. The Kier molecular flexibility index (Phi) is 7.35. The fraction of sp³-hybridized carbons (Fsp3) is 0.462. The Hall–Kier alpha value is -2.68. The predicted molar refractivity (Wildman–Crippen MR) is 118 cm³/mol. The summed E-state index contributed by atoms with van der Waals surface area (Å²) in [7, 11) is 0. The molecular formula is C26H26F6O3. The zero-order chi connectivity index (χ0) is 25.3. The molecule has 190 valence electrons. The number of halogens is 6. The average Bonchev–Trinajstić information content (AvgIpc) is 3.20. The van der Waals surface area contributed by atoms with Crippen molar-refractivity contribution in [3.05, 3.63) is 58.2 Å². The van der Waals surface area contributed by atoms with E-state index in [2.05, 4.69) is 4.74 Å². The molecule has 35 heavy (non-hydrogen) atoms. The van der Waals surface area contributed by atoms with E-state index in [0.717, 1.165) is 30.9 Å². The SMILES string of the molecule is CCCCC1=CCC(C(F)(F)Oc2cc3c(c(F)c2F)-c2c(cc(OCCC)c(F)c2F)C3)OC1. The Labute approximate surface area is 199 Å². The highest BCUT2D eigenvalue weighted by molar-refractivity contribution is 5.79. The van der Waals surface area contributed by atoms with Crippen LogP contribution >= 0.6 is 0 Å². The van der Waals surface area contributed by atoms with Gasteiger partial charge in [0, 0.05) is 17.5 Å². The van der Waals surface area contributed by atoms with Gasteiger partial charge in [-0.2, -0.15) is 17.6 Å². The van der Waals surface area contributed by atoms with Crippen LogP contribution in [-0.2, 0) is 11.2 Å². The number of alkyl halides is 2. The third kappa shape index (κ3) is 4.87. The molecule has 1 heterocycles. The first-order valence-corrected chi connectivity index (χ1v) is 11.7. The summed E-state index contributed by atoms with van der Waals surface area (Å²) in [5.74, 6) is -7.37. The van der Waals surface area contributed by atoms with E-state index in [1.165, 1.54) is 6.07 Å². The zero-order valence-corrected chi connectivity index (χ0v) is 19.5. The Morgan fingerprint density at radius 1 is 0.914 bits per heavy atom. The smallest absolute Gasteiger partial charge is 0.425 e. The molecule has 2 aliphatic rings. The van der Waals surface area contributed by atoms with Crippen LogP contribution in [0.15, 0.2) is 23.8 Å². The molecule has 0 saturated heterocycles. The molecule has 0 radical (unpaired) electrons. The van der Waals surface area contributed by atoms with Gasteiger partial charge in [-0.3, -0.25) is 0 Å². The Balaban J connectivity index is 1.60. The topological polar surface area (TPSA) is 27.7 Å². The summed E-state index contributed by atoms with van der Waals surface area (Å²) < 4.78 is 104. The van der Waals surface area contributed by atoms with Crippen molar-refractivity contribution in [2.45, 2.75) is 64.6 Å². The standard InChI is InChI=1S/C26H26F6O3/c1-3-5-6-14-7-8-19(34-13-14)26(31,32)35-18-12-16-10-15-11-17(33-9-4-2)22(27)24(29)20(15)21(16)25(30)23(18)28/h7,11-12,19H,3-6,8-10,13H2,1-2H3. The normalized spacial score (nSPS) is 17.1. The molecule has 3 nitrogen and oxygen atoms in total. The van der Waals surface area contributed by atoms with Crippen LogP contribution in [0.5, 0.6) is 11.5 Å². The van der Waals surface area contributed by atoms with E-state index < -0.39 is 52.4 Å². The van der Waals surface area contributed by atoms with Crippen molar-refractivity contribution >= 4 is 0 Å². The summed E-state index contributed by atoms with van der Waals surface area (Å²) in [5, 5.41) is 0. The molecule has 1 aliphatic heterocycles. The average molecular weight is 500 g/mol. The van der Waals surface area contributed by atoms with Gasteiger partial charge in [0.15, 0.2) is 29.2 Å². The number of benzene rings is 2. The molecule has 9 heteroatoms. The molecule has 0 N–H and O–H groups in total. The fourth-order valence-electron chi connectivity index (χ4n) is 4.35. The molecule has 2 aromatic rings. The summed E-state index contributed by atoms with van der Waals surface area (Å²) in [6, 6.07) is 2.12. The molecule has 0 spiro atoms. The second-order valence-corrected chi connectivity index (χ2v) is 8.76. The summed E-state index contributed by atoms with van der Waals surface area (Å²) in [6.07, 6.45) is -1.08. The highest BCUT2D eigenvalue weighted by Gasteiger charge is 2.45. The van der Waals surface area contributed by atoms with Gasteiger partial charge in [-0.05, 0) is 54.5 Å². The second kappa shape index (κ2) is 10.1. The van der Waals surface area contributed by atoms with Crippen LogP contribution in [0.2, 0.25) is 0 Å². The lowest BCUT2D eigenvalue weighted by Crippen LogP contribution is -2.42. The van der Waals surface area contributed by atoms with Crippen molar-refractivity contribution in [3.63, 3.8) is 0 Å². The number of ether oxygens (including phenoxy) is 3. The lowest BCUT2D eigenvalue weighted by Gasteiger charge is -2.30. The van der Waals surface area contributed by atoms with E-state index in [0.29, 0.717) is 6.42 Å². The molecule has 0 amide bonds. The van der Waals surface area contributed by atoms with Crippen molar-refractivity contribution in [3.8, 4) is 22.6 Å². The van der Waals surface area contributed by atoms with Gasteiger partial charge >= 0.3 is 6.11 Å². The third-order valence-electron chi connectivity index (χ3n) is 6.17. The van der Waals surface area contributed by atoms with Crippen LogP contribution in [0.3, 0.4) is 0 Å². The molecule has 0 fully saturated rings. The fourth-order valence-corrected chi connectivity index (χ4v) is 4.35. The van der Waals surface area contributed by atoms with Crippen molar-refractivity contribution in [2.24, 2.45) is 0 Å². The lowest BCUT2D eigenvalue weighted by atomic mass is 10.0. The van der Waals surface area contributed by atoms with Crippen LogP contribution in [0.25, 0.3) is 11.1 Å². The predicted octanol–water partition coefficient (Wildman–Crippen LogP) is 7.48. The molecule has 0 bridgehead atoms. The first-order chi connectivity index (χ1) is 16.7. The Morgan fingerprint density at radius 3 is 2.11 bits per heavy atom. The summed E-state index contributed by atoms with van der Waals surface area (Å²) in [6.45, 7) is 3.94. The van der Waals surface area contributed by atoms with Crippen molar-refractivity contribution in [1.29, 1.82) is 0 Å². The molecule has 2 aromatic carbocycles. The van der Waals surface area contributed by atoms with Gasteiger partial charge in [-0.1, -0.05) is 26.3 Å². The molecule has 4 rings (SSSR count). The van der Waals surface area contributed by atoms with Crippen LogP contribution < -0.4 is 9.47 Å². The first-order valence-electron chi connectivity index (χ1n) is 11.7. The highest BCUT2D eigenvalue weighted by atomic mass is 19.3. The highest BCUT2D eigenvalue weighted by Crippen LogP contribution is 2.46. The van der Waals surface area contributed by atoms with Gasteiger partial charge < -0.3 is 14.2 Å². The van der Waals surface area contributed by atoms with Crippen LogP contribution in [-0.4, -0.2) is 25.4 Å². The van der Waals surface area contributed by atoms with Gasteiger partial charge in [0.25, 0.3) is 0 Å². The van der Waals surface area contributed by atoms with Gasteiger partial charge in [-0.15, -0.1) is 0 Å². The van der Waals surface area contributed by atoms with E-state index in [1.54, 1.807) is 13.0 Å². The molecular weight excluding hydrogens is 474 g/mol. The largest absolute Gasteiger partial charge is 0.490 e. The van der Waals surface area contributed by atoms with Gasteiger partial charge in [0.2, 0.25) is 11.6 Å². The number of hydrogen-bond acceptors (Lipinski definition) is 3.